The second-order valence-electron chi connectivity index (χ2n) is 6.40. The highest BCUT2D eigenvalue weighted by Crippen LogP contribution is 2.40. The van der Waals surface area contributed by atoms with Crippen LogP contribution in [0.4, 0.5) is 0 Å². The number of thiocarbonyl (C=S) groups is 1. The second-order valence-corrected chi connectivity index (χ2v) is 7.22. The number of furan rings is 1. The molecule has 3 aromatic rings. The minimum absolute atomic E-state index is 0.0619. The Balaban J connectivity index is 1.73. The van der Waals surface area contributed by atoms with Crippen molar-refractivity contribution >= 4 is 28.9 Å². The minimum Gasteiger partial charge on any atom is -0.459 e. The first-order chi connectivity index (χ1) is 12.5. The van der Waals surface area contributed by atoms with Crippen LogP contribution in [0.2, 0.25) is 5.02 Å². The van der Waals surface area contributed by atoms with Gasteiger partial charge in [-0.25, -0.2) is 0 Å². The first-order valence-electron chi connectivity index (χ1n) is 8.35. The number of hydrogen-bond donors (Lipinski definition) is 1. The third kappa shape index (κ3) is 2.97. The maximum Gasteiger partial charge on any atom is 0.170 e. The molecule has 132 valence electrons. The number of hydrogen-bond acceptors (Lipinski definition) is 3. The van der Waals surface area contributed by atoms with Gasteiger partial charge in [0.25, 0.3) is 0 Å². The predicted octanol–water partition coefficient (Wildman–Crippen LogP) is 4.91. The summed E-state index contributed by atoms with van der Waals surface area (Å²) in [7, 11) is 1.97. The summed E-state index contributed by atoms with van der Waals surface area (Å²) < 4.78 is 6.23. The van der Waals surface area contributed by atoms with Crippen LogP contribution >= 0.6 is 23.8 Å². The maximum atomic E-state index is 6.23. The molecule has 0 unspecified atom stereocenters. The fourth-order valence-electron chi connectivity index (χ4n) is 3.33. The normalized spacial score (nSPS) is 19.7. The van der Waals surface area contributed by atoms with E-state index in [1.165, 1.54) is 0 Å². The van der Waals surface area contributed by atoms with E-state index in [4.69, 9.17) is 28.2 Å². The Bertz CT molecular complexity index is 957. The SMILES string of the molecule is Cc1ccc(Cl)cc1-c1ccc([C@@H]2[C@H](c3ccccn3)NC(=S)N2C)o1. The molecule has 4 nitrogen and oxygen atoms in total. The molecule has 1 aliphatic heterocycles. The third-order valence-corrected chi connectivity index (χ3v) is 5.36. The van der Waals surface area contributed by atoms with Crippen molar-refractivity contribution in [1.82, 2.24) is 15.2 Å². The molecular weight excluding hydrogens is 366 g/mol. The van der Waals surface area contributed by atoms with Gasteiger partial charge in [-0.05, 0) is 61.1 Å². The lowest BCUT2D eigenvalue weighted by Gasteiger charge is -2.21. The van der Waals surface area contributed by atoms with E-state index in [1.807, 2.05) is 67.4 Å². The summed E-state index contributed by atoms with van der Waals surface area (Å²) in [4.78, 5) is 6.50. The van der Waals surface area contributed by atoms with E-state index in [0.29, 0.717) is 10.1 Å². The van der Waals surface area contributed by atoms with Crippen LogP contribution in [-0.4, -0.2) is 22.0 Å². The predicted molar refractivity (Wildman–Crippen MR) is 107 cm³/mol. The van der Waals surface area contributed by atoms with Crippen molar-refractivity contribution in [2.24, 2.45) is 0 Å². The van der Waals surface area contributed by atoms with Crippen molar-refractivity contribution in [3.05, 3.63) is 76.8 Å². The van der Waals surface area contributed by atoms with Gasteiger partial charge in [-0.3, -0.25) is 4.98 Å². The van der Waals surface area contributed by atoms with Crippen LogP contribution in [0.5, 0.6) is 0 Å². The van der Waals surface area contributed by atoms with Crippen molar-refractivity contribution in [2.45, 2.75) is 19.0 Å². The van der Waals surface area contributed by atoms with Gasteiger partial charge in [0.15, 0.2) is 5.11 Å². The molecule has 1 N–H and O–H groups in total. The van der Waals surface area contributed by atoms with Gasteiger partial charge in [-0.2, -0.15) is 0 Å². The number of rotatable bonds is 3. The van der Waals surface area contributed by atoms with E-state index >= 15 is 0 Å². The lowest BCUT2D eigenvalue weighted by Crippen LogP contribution is -2.24. The first-order valence-corrected chi connectivity index (χ1v) is 9.14. The van der Waals surface area contributed by atoms with E-state index in [2.05, 4.69) is 10.3 Å². The van der Waals surface area contributed by atoms with Crippen molar-refractivity contribution in [3.63, 3.8) is 0 Å². The Hall–Kier alpha value is -2.37. The van der Waals surface area contributed by atoms with Gasteiger partial charge in [0.2, 0.25) is 0 Å². The van der Waals surface area contributed by atoms with Crippen LogP contribution in [-0.2, 0) is 0 Å². The van der Waals surface area contributed by atoms with Crippen LogP contribution in [0.1, 0.15) is 29.1 Å². The fraction of sp³-hybridized carbons (Fsp3) is 0.200. The summed E-state index contributed by atoms with van der Waals surface area (Å²) in [6, 6.07) is 15.5. The molecule has 0 aliphatic carbocycles. The number of likely N-dealkylation sites (N-methyl/N-ethyl adjacent to an activating group) is 1. The summed E-state index contributed by atoms with van der Waals surface area (Å²) in [6.45, 7) is 2.04. The second kappa shape index (κ2) is 6.74. The molecule has 6 heteroatoms. The zero-order chi connectivity index (χ0) is 18.3. The number of aryl methyl sites for hydroxylation is 1. The highest BCUT2D eigenvalue weighted by atomic mass is 35.5. The lowest BCUT2D eigenvalue weighted by atomic mass is 10.0. The molecule has 1 fully saturated rings. The zero-order valence-corrected chi connectivity index (χ0v) is 16.0. The van der Waals surface area contributed by atoms with Gasteiger partial charge in [0, 0.05) is 23.8 Å². The monoisotopic (exact) mass is 383 g/mol. The molecule has 3 heterocycles. The van der Waals surface area contributed by atoms with E-state index in [-0.39, 0.29) is 12.1 Å². The topological polar surface area (TPSA) is 41.3 Å². The molecule has 2 atom stereocenters. The largest absolute Gasteiger partial charge is 0.459 e. The smallest absolute Gasteiger partial charge is 0.170 e. The van der Waals surface area contributed by atoms with Crippen molar-refractivity contribution in [2.75, 3.05) is 7.05 Å². The average molecular weight is 384 g/mol. The van der Waals surface area contributed by atoms with Gasteiger partial charge >= 0.3 is 0 Å². The molecule has 0 amide bonds. The number of halogens is 1. The lowest BCUT2D eigenvalue weighted by molar-refractivity contribution is 0.310. The fourth-order valence-corrected chi connectivity index (χ4v) is 3.74. The highest BCUT2D eigenvalue weighted by Gasteiger charge is 2.39. The molecule has 0 bridgehead atoms. The number of benzene rings is 1. The van der Waals surface area contributed by atoms with Crippen LogP contribution in [0, 0.1) is 6.92 Å². The third-order valence-electron chi connectivity index (χ3n) is 4.72. The van der Waals surface area contributed by atoms with E-state index in [1.54, 1.807) is 6.20 Å². The molecule has 4 rings (SSSR count). The van der Waals surface area contributed by atoms with Gasteiger partial charge in [-0.1, -0.05) is 23.7 Å². The molecule has 1 aromatic carbocycles. The van der Waals surface area contributed by atoms with Crippen LogP contribution in [0.25, 0.3) is 11.3 Å². The Morgan fingerprint density at radius 2 is 2.04 bits per heavy atom. The highest BCUT2D eigenvalue weighted by molar-refractivity contribution is 7.80. The number of nitrogens with zero attached hydrogens (tertiary/aromatic N) is 2. The van der Waals surface area contributed by atoms with Crippen molar-refractivity contribution in [3.8, 4) is 11.3 Å². The number of nitrogens with one attached hydrogen (secondary N) is 1. The Morgan fingerprint density at radius 1 is 1.19 bits per heavy atom. The summed E-state index contributed by atoms with van der Waals surface area (Å²) in [5, 5.41) is 4.73. The standard InChI is InChI=1S/C20H18ClN3OS/c1-12-6-7-13(21)11-14(12)16-8-9-17(25-16)19-18(23-20(26)24(19)2)15-5-3-4-10-22-15/h3-11,18-19H,1-2H3,(H,23,26)/t18-,19+/m0/s1. The summed E-state index contributed by atoms with van der Waals surface area (Å²) in [5.41, 5.74) is 3.04. The number of pyridine rings is 1. The summed E-state index contributed by atoms with van der Waals surface area (Å²) >= 11 is 11.6. The van der Waals surface area contributed by atoms with E-state index in [9.17, 15) is 0 Å². The van der Waals surface area contributed by atoms with Crippen molar-refractivity contribution < 1.29 is 4.42 Å². The Labute approximate surface area is 162 Å². The summed E-state index contributed by atoms with van der Waals surface area (Å²) in [6.07, 6.45) is 1.79. The molecule has 1 aliphatic rings. The Morgan fingerprint density at radius 3 is 2.81 bits per heavy atom. The van der Waals surface area contributed by atoms with Gasteiger partial charge in [0.05, 0.1) is 11.7 Å². The molecule has 2 aromatic heterocycles. The van der Waals surface area contributed by atoms with E-state index in [0.717, 1.165) is 28.3 Å². The summed E-state index contributed by atoms with van der Waals surface area (Å²) in [5.74, 6) is 1.64. The molecule has 0 spiro atoms. The van der Waals surface area contributed by atoms with Crippen LogP contribution in [0.15, 0.2) is 59.1 Å². The molecule has 26 heavy (non-hydrogen) atoms. The number of aromatic nitrogens is 1. The minimum atomic E-state index is -0.0642. The maximum absolute atomic E-state index is 6.23. The van der Waals surface area contributed by atoms with Crippen LogP contribution in [0.3, 0.4) is 0 Å². The quantitative estimate of drug-likeness (QED) is 0.651. The average Bonchev–Trinajstić information content (AvgIpc) is 3.23. The van der Waals surface area contributed by atoms with Gasteiger partial charge in [0.1, 0.15) is 17.6 Å². The van der Waals surface area contributed by atoms with Gasteiger partial charge < -0.3 is 14.6 Å². The van der Waals surface area contributed by atoms with Gasteiger partial charge in [-0.15, -0.1) is 0 Å². The Kier molecular flexibility index (Phi) is 4.42. The van der Waals surface area contributed by atoms with E-state index < -0.39 is 0 Å². The van der Waals surface area contributed by atoms with Crippen LogP contribution < -0.4 is 5.32 Å². The zero-order valence-electron chi connectivity index (χ0n) is 14.4. The molecule has 0 saturated carbocycles. The molecule has 1 saturated heterocycles. The molecule has 0 radical (unpaired) electrons. The molecular formula is C20H18ClN3OS. The first kappa shape index (κ1) is 17.1. The van der Waals surface area contributed by atoms with Crippen molar-refractivity contribution in [1.29, 1.82) is 0 Å².